The Hall–Kier alpha value is -2.48. The monoisotopic (exact) mass is 488 g/mol. The number of anilines is 1. The summed E-state index contributed by atoms with van der Waals surface area (Å²) >= 11 is 7.68. The largest absolute Gasteiger partial charge is 0.354 e. The number of thioether (sulfide) groups is 1. The maximum Gasteiger partial charge on any atom is 0.264 e. The predicted molar refractivity (Wildman–Crippen MR) is 132 cm³/mol. The van der Waals surface area contributed by atoms with Gasteiger partial charge in [-0.2, -0.15) is 0 Å². The molecule has 0 aromatic heterocycles. The summed E-state index contributed by atoms with van der Waals surface area (Å²) in [7, 11) is -3.91. The predicted octanol–water partition coefficient (Wildman–Crippen LogP) is 5.14. The molecule has 3 aromatic rings. The summed E-state index contributed by atoms with van der Waals surface area (Å²) in [4.78, 5) is 13.9. The SMILES string of the molecule is Cc1ccc(SCCCNC(=O)CN(c2ccc(Cl)cc2)S(=O)(=O)c2ccccc2)cc1. The lowest BCUT2D eigenvalue weighted by Crippen LogP contribution is -2.41. The zero-order valence-electron chi connectivity index (χ0n) is 17.7. The molecular formula is C24H25ClN2O3S2. The molecule has 0 aliphatic carbocycles. The molecule has 0 aliphatic rings. The molecular weight excluding hydrogens is 464 g/mol. The first kappa shape index (κ1) is 24.2. The summed E-state index contributed by atoms with van der Waals surface area (Å²) in [5.41, 5.74) is 1.60. The van der Waals surface area contributed by atoms with E-state index in [4.69, 9.17) is 11.6 Å². The van der Waals surface area contributed by atoms with Gasteiger partial charge in [-0.1, -0.05) is 47.5 Å². The molecule has 0 spiro atoms. The molecule has 0 fully saturated rings. The van der Waals surface area contributed by atoms with Gasteiger partial charge in [-0.25, -0.2) is 8.42 Å². The first-order chi connectivity index (χ1) is 15.4. The Morgan fingerprint density at radius 2 is 1.62 bits per heavy atom. The number of hydrogen-bond donors (Lipinski definition) is 1. The second-order valence-corrected chi connectivity index (χ2v) is 10.6. The molecule has 1 N–H and O–H groups in total. The second-order valence-electron chi connectivity index (χ2n) is 7.17. The Bertz CT molecular complexity index is 1120. The number of benzene rings is 3. The molecule has 0 saturated heterocycles. The molecule has 3 aromatic carbocycles. The van der Waals surface area contributed by atoms with Crippen LogP contribution in [-0.4, -0.2) is 33.2 Å². The summed E-state index contributed by atoms with van der Waals surface area (Å²) in [6.45, 7) is 2.21. The van der Waals surface area contributed by atoms with E-state index in [1.54, 1.807) is 54.2 Å². The van der Waals surface area contributed by atoms with Crippen LogP contribution < -0.4 is 9.62 Å². The number of amides is 1. The molecule has 0 saturated carbocycles. The smallest absolute Gasteiger partial charge is 0.264 e. The number of nitrogens with zero attached hydrogens (tertiary/aromatic N) is 1. The van der Waals surface area contributed by atoms with Gasteiger partial charge in [-0.15, -0.1) is 11.8 Å². The van der Waals surface area contributed by atoms with Crippen LogP contribution in [0.15, 0.2) is 88.7 Å². The number of aryl methyl sites for hydroxylation is 1. The average Bonchev–Trinajstić information content (AvgIpc) is 2.80. The highest BCUT2D eigenvalue weighted by molar-refractivity contribution is 7.99. The number of hydrogen-bond acceptors (Lipinski definition) is 4. The third-order valence-corrected chi connectivity index (χ3v) is 7.80. The number of sulfonamides is 1. The molecule has 168 valence electrons. The van der Waals surface area contributed by atoms with E-state index in [1.807, 2.05) is 0 Å². The van der Waals surface area contributed by atoms with Crippen LogP contribution in [0.25, 0.3) is 0 Å². The van der Waals surface area contributed by atoms with Crippen molar-refractivity contribution >= 4 is 45.0 Å². The molecule has 0 aliphatic heterocycles. The zero-order valence-corrected chi connectivity index (χ0v) is 20.1. The van der Waals surface area contributed by atoms with Crippen molar-refractivity contribution in [2.45, 2.75) is 23.1 Å². The summed E-state index contributed by atoms with van der Waals surface area (Å²) in [6.07, 6.45) is 0.774. The van der Waals surface area contributed by atoms with Crippen molar-refractivity contribution in [3.63, 3.8) is 0 Å². The van der Waals surface area contributed by atoms with Crippen molar-refractivity contribution in [3.8, 4) is 0 Å². The third-order valence-electron chi connectivity index (χ3n) is 4.67. The molecule has 0 heterocycles. The number of carbonyl (C=O) groups excluding carboxylic acids is 1. The minimum absolute atomic E-state index is 0.122. The highest BCUT2D eigenvalue weighted by Crippen LogP contribution is 2.25. The number of rotatable bonds is 10. The summed E-state index contributed by atoms with van der Waals surface area (Å²) in [5.74, 6) is 0.492. The van der Waals surface area contributed by atoms with Crippen LogP contribution in [0.4, 0.5) is 5.69 Å². The second kappa shape index (κ2) is 11.4. The molecule has 0 radical (unpaired) electrons. The van der Waals surface area contributed by atoms with Gasteiger partial charge in [0.1, 0.15) is 6.54 Å². The Morgan fingerprint density at radius 1 is 0.969 bits per heavy atom. The lowest BCUT2D eigenvalue weighted by Gasteiger charge is -2.24. The fraction of sp³-hybridized carbons (Fsp3) is 0.208. The van der Waals surface area contributed by atoms with Crippen LogP contribution in [0, 0.1) is 6.92 Å². The molecule has 0 bridgehead atoms. The zero-order chi connectivity index (χ0) is 23.0. The van der Waals surface area contributed by atoms with Gasteiger partial charge in [0.05, 0.1) is 10.6 Å². The molecule has 1 amide bonds. The van der Waals surface area contributed by atoms with Crippen LogP contribution in [0.1, 0.15) is 12.0 Å². The van der Waals surface area contributed by atoms with Gasteiger partial charge in [-0.05, 0) is 67.6 Å². The fourth-order valence-corrected chi connectivity index (χ4v) is 5.37. The van der Waals surface area contributed by atoms with Crippen LogP contribution in [-0.2, 0) is 14.8 Å². The Morgan fingerprint density at radius 3 is 2.28 bits per heavy atom. The van der Waals surface area contributed by atoms with Gasteiger partial charge in [0.25, 0.3) is 10.0 Å². The number of halogens is 1. The van der Waals surface area contributed by atoms with Crippen molar-refractivity contribution in [3.05, 3.63) is 89.4 Å². The minimum Gasteiger partial charge on any atom is -0.354 e. The van der Waals surface area contributed by atoms with Crippen molar-refractivity contribution in [2.75, 3.05) is 23.1 Å². The van der Waals surface area contributed by atoms with E-state index in [-0.39, 0.29) is 17.3 Å². The van der Waals surface area contributed by atoms with Crippen LogP contribution in [0.3, 0.4) is 0 Å². The van der Waals surface area contributed by atoms with Crippen molar-refractivity contribution in [1.29, 1.82) is 0 Å². The first-order valence-electron chi connectivity index (χ1n) is 10.2. The van der Waals surface area contributed by atoms with Gasteiger partial charge >= 0.3 is 0 Å². The van der Waals surface area contributed by atoms with E-state index in [0.717, 1.165) is 16.5 Å². The van der Waals surface area contributed by atoms with Gasteiger partial charge in [-0.3, -0.25) is 9.10 Å². The highest BCUT2D eigenvalue weighted by Gasteiger charge is 2.26. The summed E-state index contributed by atoms with van der Waals surface area (Å²) in [6, 6.07) is 22.8. The third kappa shape index (κ3) is 6.76. The first-order valence-corrected chi connectivity index (χ1v) is 13.0. The van der Waals surface area contributed by atoms with E-state index in [0.29, 0.717) is 17.3 Å². The van der Waals surface area contributed by atoms with Crippen molar-refractivity contribution in [1.82, 2.24) is 5.32 Å². The topological polar surface area (TPSA) is 66.5 Å². The van der Waals surface area contributed by atoms with Crippen LogP contribution in [0.5, 0.6) is 0 Å². The fourth-order valence-electron chi connectivity index (χ4n) is 2.95. The molecule has 8 heteroatoms. The van der Waals surface area contributed by atoms with Gasteiger partial charge in [0.15, 0.2) is 0 Å². The normalized spacial score (nSPS) is 11.2. The number of nitrogens with one attached hydrogen (secondary N) is 1. The standard InChI is InChI=1S/C24H25ClN2O3S2/c1-19-8-14-22(15-9-19)31-17-5-16-26-24(28)18-27(21-12-10-20(25)11-13-21)32(29,30)23-6-3-2-4-7-23/h2-4,6-15H,5,16-18H2,1H3,(H,26,28). The maximum absolute atomic E-state index is 13.2. The lowest BCUT2D eigenvalue weighted by molar-refractivity contribution is -0.119. The average molecular weight is 489 g/mol. The Balaban J connectivity index is 1.61. The van der Waals surface area contributed by atoms with E-state index in [1.165, 1.54) is 22.6 Å². The van der Waals surface area contributed by atoms with Gasteiger partial charge in [0, 0.05) is 16.5 Å². The van der Waals surface area contributed by atoms with E-state index < -0.39 is 10.0 Å². The molecule has 5 nitrogen and oxygen atoms in total. The Labute approximate surface area is 198 Å². The van der Waals surface area contributed by atoms with E-state index >= 15 is 0 Å². The molecule has 0 unspecified atom stereocenters. The van der Waals surface area contributed by atoms with Crippen LogP contribution in [0.2, 0.25) is 5.02 Å². The molecule has 32 heavy (non-hydrogen) atoms. The lowest BCUT2D eigenvalue weighted by atomic mass is 10.2. The van der Waals surface area contributed by atoms with Crippen LogP contribution >= 0.6 is 23.4 Å². The van der Waals surface area contributed by atoms with E-state index in [9.17, 15) is 13.2 Å². The van der Waals surface area contributed by atoms with E-state index in [2.05, 4.69) is 36.5 Å². The summed E-state index contributed by atoms with van der Waals surface area (Å²) in [5, 5.41) is 3.32. The maximum atomic E-state index is 13.2. The van der Waals surface area contributed by atoms with Gasteiger partial charge < -0.3 is 5.32 Å². The highest BCUT2D eigenvalue weighted by atomic mass is 35.5. The van der Waals surface area contributed by atoms with Crippen molar-refractivity contribution in [2.24, 2.45) is 0 Å². The Kier molecular flexibility index (Phi) is 8.61. The molecule has 3 rings (SSSR count). The van der Waals surface area contributed by atoms with Gasteiger partial charge in [0.2, 0.25) is 5.91 Å². The number of carbonyl (C=O) groups is 1. The quantitative estimate of drug-likeness (QED) is 0.317. The summed E-state index contributed by atoms with van der Waals surface area (Å²) < 4.78 is 27.5. The molecule has 0 atom stereocenters. The van der Waals surface area contributed by atoms with Crippen molar-refractivity contribution < 1.29 is 13.2 Å². The minimum atomic E-state index is -3.91.